The van der Waals surface area contributed by atoms with E-state index in [2.05, 4.69) is 38.6 Å². The van der Waals surface area contributed by atoms with Crippen LogP contribution in [0.5, 0.6) is 5.75 Å². The fraction of sp³-hybridized carbons (Fsp3) is 0.0714. The van der Waals surface area contributed by atoms with Crippen molar-refractivity contribution in [2.75, 3.05) is 12.4 Å². The minimum absolute atomic E-state index is 0.270. The van der Waals surface area contributed by atoms with Gasteiger partial charge in [0.15, 0.2) is 5.13 Å². The molecule has 8 heteroatoms. The van der Waals surface area contributed by atoms with Crippen LogP contribution in [-0.4, -0.2) is 32.4 Å². The first kappa shape index (κ1) is 21.9. The molecule has 176 valence electrons. The van der Waals surface area contributed by atoms with Crippen LogP contribution in [0.15, 0.2) is 85.5 Å². The fourth-order valence-electron chi connectivity index (χ4n) is 4.24. The van der Waals surface area contributed by atoms with E-state index in [-0.39, 0.29) is 5.91 Å². The van der Waals surface area contributed by atoms with Crippen LogP contribution in [0.3, 0.4) is 0 Å². The Kier molecular flexibility index (Phi) is 5.42. The van der Waals surface area contributed by atoms with E-state index in [9.17, 15) is 4.79 Å². The maximum atomic E-state index is 13.3. The number of fused-ring (bicyclic) bond motifs is 2. The van der Waals surface area contributed by atoms with Gasteiger partial charge in [-0.3, -0.25) is 15.1 Å². The topological polar surface area (TPSA) is 81.4 Å². The number of amides is 1. The normalized spacial score (nSPS) is 11.2. The first-order valence-electron chi connectivity index (χ1n) is 11.3. The molecule has 0 radical (unpaired) electrons. The summed E-state index contributed by atoms with van der Waals surface area (Å²) in [5.41, 5.74) is 6.74. The van der Waals surface area contributed by atoms with Crippen molar-refractivity contribution in [3.05, 3.63) is 96.7 Å². The molecule has 36 heavy (non-hydrogen) atoms. The summed E-state index contributed by atoms with van der Waals surface area (Å²) >= 11 is 1.44. The van der Waals surface area contributed by atoms with Gasteiger partial charge in [-0.1, -0.05) is 35.6 Å². The lowest BCUT2D eigenvalue weighted by Gasteiger charge is -2.13. The number of imidazole rings is 1. The molecule has 0 atom stereocenters. The van der Waals surface area contributed by atoms with Crippen molar-refractivity contribution in [2.45, 2.75) is 6.92 Å². The van der Waals surface area contributed by atoms with Crippen LogP contribution < -0.4 is 10.1 Å². The van der Waals surface area contributed by atoms with Crippen molar-refractivity contribution in [1.82, 2.24) is 19.4 Å². The predicted molar refractivity (Wildman–Crippen MR) is 143 cm³/mol. The summed E-state index contributed by atoms with van der Waals surface area (Å²) in [7, 11) is 1.62. The second-order valence-electron chi connectivity index (χ2n) is 8.34. The van der Waals surface area contributed by atoms with E-state index in [0.717, 1.165) is 43.8 Å². The Bertz CT molecular complexity index is 1750. The molecule has 7 nitrogen and oxygen atoms in total. The van der Waals surface area contributed by atoms with Gasteiger partial charge in [0.1, 0.15) is 11.4 Å². The number of aromatic nitrogens is 4. The van der Waals surface area contributed by atoms with Gasteiger partial charge in [0.25, 0.3) is 5.91 Å². The van der Waals surface area contributed by atoms with Crippen LogP contribution in [-0.2, 0) is 0 Å². The Morgan fingerprint density at radius 1 is 1.00 bits per heavy atom. The average molecular weight is 492 g/mol. The number of pyridine rings is 2. The molecule has 0 spiro atoms. The molecular weight excluding hydrogens is 470 g/mol. The molecule has 0 aliphatic heterocycles. The summed E-state index contributed by atoms with van der Waals surface area (Å²) in [6.45, 7) is 1.90. The van der Waals surface area contributed by atoms with Crippen molar-refractivity contribution in [1.29, 1.82) is 0 Å². The minimum Gasteiger partial charge on any atom is -0.496 e. The molecule has 0 aliphatic rings. The third-order valence-corrected chi connectivity index (χ3v) is 6.95. The Balaban J connectivity index is 1.32. The molecule has 0 fully saturated rings. The smallest absolute Gasteiger partial charge is 0.259 e. The lowest BCUT2D eigenvalue weighted by Crippen LogP contribution is -2.14. The van der Waals surface area contributed by atoms with Gasteiger partial charge in [-0.2, -0.15) is 0 Å². The van der Waals surface area contributed by atoms with Crippen molar-refractivity contribution in [3.63, 3.8) is 0 Å². The lowest BCUT2D eigenvalue weighted by atomic mass is 9.99. The number of nitrogens with zero attached hydrogens (tertiary/aromatic N) is 4. The Morgan fingerprint density at radius 3 is 2.75 bits per heavy atom. The van der Waals surface area contributed by atoms with Gasteiger partial charge in [0.2, 0.25) is 0 Å². The number of rotatable bonds is 5. The summed E-state index contributed by atoms with van der Waals surface area (Å²) in [4.78, 5) is 26.7. The van der Waals surface area contributed by atoms with Crippen LogP contribution in [0.2, 0.25) is 0 Å². The van der Waals surface area contributed by atoms with Gasteiger partial charge in [0, 0.05) is 41.6 Å². The van der Waals surface area contributed by atoms with E-state index in [1.165, 1.54) is 11.3 Å². The molecule has 0 saturated heterocycles. The molecule has 0 aliphatic carbocycles. The molecule has 1 amide bonds. The molecule has 4 aromatic heterocycles. The van der Waals surface area contributed by atoms with E-state index in [1.807, 2.05) is 66.1 Å². The number of para-hydroxylation sites is 1. The molecule has 0 bridgehead atoms. The number of hydrogen-bond acceptors (Lipinski definition) is 6. The van der Waals surface area contributed by atoms with Gasteiger partial charge in [-0.15, -0.1) is 0 Å². The number of carbonyl (C=O) groups is 1. The zero-order valence-electron chi connectivity index (χ0n) is 19.6. The molecule has 2 aromatic carbocycles. The van der Waals surface area contributed by atoms with Crippen molar-refractivity contribution in [3.8, 4) is 28.0 Å². The first-order chi connectivity index (χ1) is 17.6. The summed E-state index contributed by atoms with van der Waals surface area (Å²) < 4.78 is 8.51. The standard InChI is InChI=1S/C28H21N5O2S/c1-17-13-21(20-5-3-4-6-24(20)35-2)22(15-30-17)27(34)32-28-31-23-9-7-18(14-25(23)36-28)19-8-10-26-29-11-12-33(26)16-19/h3-16H,1-2H3,(H,31,32,34). The zero-order chi connectivity index (χ0) is 24.6. The molecule has 0 unspecified atom stereocenters. The van der Waals surface area contributed by atoms with Gasteiger partial charge < -0.3 is 9.14 Å². The number of hydrogen-bond donors (Lipinski definition) is 1. The van der Waals surface area contributed by atoms with E-state index < -0.39 is 0 Å². The van der Waals surface area contributed by atoms with Crippen molar-refractivity contribution < 1.29 is 9.53 Å². The number of nitrogens with one attached hydrogen (secondary N) is 1. The molecule has 6 aromatic rings. The SMILES string of the molecule is COc1ccccc1-c1cc(C)ncc1C(=O)Nc1nc2ccc(-c3ccc4nccn4c3)cc2s1. The Hall–Kier alpha value is -4.56. The van der Waals surface area contributed by atoms with Crippen LogP contribution in [0, 0.1) is 6.92 Å². The Morgan fingerprint density at radius 2 is 1.86 bits per heavy atom. The third kappa shape index (κ3) is 3.97. The first-order valence-corrected chi connectivity index (χ1v) is 12.2. The van der Waals surface area contributed by atoms with Crippen LogP contribution >= 0.6 is 11.3 Å². The number of methoxy groups -OCH3 is 1. The van der Waals surface area contributed by atoms with Crippen molar-refractivity contribution in [2.24, 2.45) is 0 Å². The van der Waals surface area contributed by atoms with Gasteiger partial charge >= 0.3 is 0 Å². The fourth-order valence-corrected chi connectivity index (χ4v) is 5.14. The highest BCUT2D eigenvalue weighted by Gasteiger charge is 2.18. The van der Waals surface area contributed by atoms with E-state index in [4.69, 9.17) is 4.74 Å². The largest absolute Gasteiger partial charge is 0.496 e. The summed E-state index contributed by atoms with van der Waals surface area (Å²) in [5.74, 6) is 0.423. The molecule has 6 rings (SSSR count). The number of ether oxygens (including phenoxy) is 1. The van der Waals surface area contributed by atoms with Gasteiger partial charge in [0.05, 0.1) is 22.9 Å². The van der Waals surface area contributed by atoms with Crippen LogP contribution in [0.4, 0.5) is 5.13 Å². The number of anilines is 1. The molecule has 4 heterocycles. The zero-order valence-corrected chi connectivity index (χ0v) is 20.4. The third-order valence-electron chi connectivity index (χ3n) is 6.01. The molecular formula is C28H21N5O2S. The average Bonchev–Trinajstić information content (AvgIpc) is 3.53. The second-order valence-corrected chi connectivity index (χ2v) is 9.37. The van der Waals surface area contributed by atoms with Crippen molar-refractivity contribution >= 4 is 38.2 Å². The van der Waals surface area contributed by atoms with Gasteiger partial charge in [-0.25, -0.2) is 9.97 Å². The Labute approximate surface area is 211 Å². The van der Waals surface area contributed by atoms with Gasteiger partial charge in [-0.05, 0) is 54.4 Å². The van der Waals surface area contributed by atoms with Crippen LogP contribution in [0.25, 0.3) is 38.1 Å². The van der Waals surface area contributed by atoms with Crippen LogP contribution in [0.1, 0.15) is 16.1 Å². The molecule has 0 saturated carbocycles. The maximum absolute atomic E-state index is 13.3. The van der Waals surface area contributed by atoms with E-state index in [1.54, 1.807) is 19.5 Å². The highest BCUT2D eigenvalue weighted by atomic mass is 32.1. The number of carbonyl (C=O) groups excluding carboxylic acids is 1. The highest BCUT2D eigenvalue weighted by molar-refractivity contribution is 7.22. The summed E-state index contributed by atoms with van der Waals surface area (Å²) in [6.07, 6.45) is 7.36. The minimum atomic E-state index is -0.270. The lowest BCUT2D eigenvalue weighted by molar-refractivity contribution is 0.102. The van der Waals surface area contributed by atoms with E-state index in [0.29, 0.717) is 16.4 Å². The number of benzene rings is 2. The maximum Gasteiger partial charge on any atom is 0.259 e. The molecule has 1 N–H and O–H groups in total. The quantitative estimate of drug-likeness (QED) is 0.309. The summed E-state index contributed by atoms with van der Waals surface area (Å²) in [6, 6.07) is 19.7. The monoisotopic (exact) mass is 491 g/mol. The number of thiazole rings is 1. The second kappa shape index (κ2) is 8.90. The van der Waals surface area contributed by atoms with E-state index >= 15 is 0 Å². The highest BCUT2D eigenvalue weighted by Crippen LogP contribution is 2.34. The predicted octanol–water partition coefficient (Wildman–Crippen LogP) is 6.24. The number of aryl methyl sites for hydroxylation is 1. The summed E-state index contributed by atoms with van der Waals surface area (Å²) in [5, 5.41) is 3.50.